The third-order valence-electron chi connectivity index (χ3n) is 4.63. The van der Waals surface area contributed by atoms with E-state index in [0.29, 0.717) is 19.6 Å². The van der Waals surface area contributed by atoms with E-state index in [1.807, 2.05) is 37.3 Å². The lowest BCUT2D eigenvalue weighted by Crippen LogP contribution is -2.44. The average molecular weight is 302 g/mol. The molecule has 2 heterocycles. The van der Waals surface area contributed by atoms with Crippen molar-refractivity contribution in [1.82, 2.24) is 10.2 Å². The molecule has 0 radical (unpaired) electrons. The quantitative estimate of drug-likeness (QED) is 0.869. The Hall–Kier alpha value is -1.88. The van der Waals surface area contributed by atoms with Gasteiger partial charge in [-0.1, -0.05) is 37.3 Å². The highest BCUT2D eigenvalue weighted by Gasteiger charge is 2.51. The summed E-state index contributed by atoms with van der Waals surface area (Å²) in [7, 11) is 0. The first-order valence-corrected chi connectivity index (χ1v) is 7.98. The molecule has 2 saturated heterocycles. The number of hydrogen-bond acceptors (Lipinski definition) is 3. The fourth-order valence-corrected chi connectivity index (χ4v) is 3.31. The topological polar surface area (TPSA) is 58.6 Å². The van der Waals surface area contributed by atoms with Gasteiger partial charge in [-0.3, -0.25) is 9.69 Å². The van der Waals surface area contributed by atoms with Crippen LogP contribution in [0.15, 0.2) is 30.3 Å². The van der Waals surface area contributed by atoms with Crippen molar-refractivity contribution in [1.29, 1.82) is 0 Å². The van der Waals surface area contributed by atoms with Crippen molar-refractivity contribution in [3.05, 3.63) is 35.9 Å². The summed E-state index contributed by atoms with van der Waals surface area (Å²) in [6.07, 6.45) is 3.54. The van der Waals surface area contributed by atoms with Crippen LogP contribution < -0.4 is 5.32 Å². The van der Waals surface area contributed by atoms with Crippen molar-refractivity contribution in [2.75, 3.05) is 13.2 Å². The highest BCUT2D eigenvalue weighted by molar-refractivity contribution is 6.07. The third kappa shape index (κ3) is 2.50. The second kappa shape index (κ2) is 6.08. The minimum absolute atomic E-state index is 0.0353. The Balaban J connectivity index is 1.83. The third-order valence-corrected chi connectivity index (χ3v) is 4.63. The molecule has 3 rings (SSSR count). The summed E-state index contributed by atoms with van der Waals surface area (Å²) in [4.78, 5) is 26.6. The van der Waals surface area contributed by atoms with Crippen LogP contribution in [0.3, 0.4) is 0 Å². The fraction of sp³-hybridized carbons (Fsp3) is 0.529. The highest BCUT2D eigenvalue weighted by atomic mass is 16.5. The maximum atomic E-state index is 12.9. The summed E-state index contributed by atoms with van der Waals surface area (Å²) in [6, 6.07) is 9.15. The zero-order chi connectivity index (χ0) is 15.6. The molecule has 0 bridgehead atoms. The van der Waals surface area contributed by atoms with Crippen LogP contribution in [0, 0.1) is 0 Å². The van der Waals surface area contributed by atoms with E-state index in [1.54, 1.807) is 0 Å². The van der Waals surface area contributed by atoms with Gasteiger partial charge in [0.1, 0.15) is 5.54 Å². The number of benzene rings is 1. The number of carbonyl (C=O) groups excluding carboxylic acids is 2. The summed E-state index contributed by atoms with van der Waals surface area (Å²) in [5.74, 6) is -0.166. The molecule has 118 valence electrons. The lowest BCUT2D eigenvalue weighted by atomic mass is 9.87. The van der Waals surface area contributed by atoms with Crippen LogP contribution in [0.1, 0.15) is 38.2 Å². The van der Waals surface area contributed by atoms with Gasteiger partial charge in [-0.25, -0.2) is 4.79 Å². The Morgan fingerprint density at radius 2 is 2.05 bits per heavy atom. The van der Waals surface area contributed by atoms with Gasteiger partial charge in [-0.05, 0) is 31.2 Å². The second-order valence-corrected chi connectivity index (χ2v) is 5.96. The molecule has 2 aliphatic rings. The Morgan fingerprint density at radius 1 is 1.27 bits per heavy atom. The van der Waals surface area contributed by atoms with E-state index in [0.717, 1.165) is 24.8 Å². The molecule has 5 heteroatoms. The number of nitrogens with one attached hydrogen (secondary N) is 1. The first kappa shape index (κ1) is 15.0. The number of urea groups is 1. The van der Waals surface area contributed by atoms with E-state index >= 15 is 0 Å². The summed E-state index contributed by atoms with van der Waals surface area (Å²) in [5.41, 5.74) is -0.101. The van der Waals surface area contributed by atoms with Crippen LogP contribution in [-0.2, 0) is 15.1 Å². The molecule has 2 aliphatic heterocycles. The zero-order valence-electron chi connectivity index (χ0n) is 12.9. The number of imide groups is 1. The maximum Gasteiger partial charge on any atom is 0.325 e. The SMILES string of the molecule is CCC1(c2ccccc2)NC(=O)N(CC2CCCCO2)C1=O. The molecular formula is C17H22N2O3. The van der Waals surface area contributed by atoms with Crippen molar-refractivity contribution >= 4 is 11.9 Å². The van der Waals surface area contributed by atoms with E-state index in [2.05, 4.69) is 5.32 Å². The summed E-state index contributed by atoms with van der Waals surface area (Å²) in [5, 5.41) is 2.90. The van der Waals surface area contributed by atoms with E-state index in [-0.39, 0.29) is 18.0 Å². The predicted molar refractivity (Wildman–Crippen MR) is 82.2 cm³/mol. The molecule has 0 spiro atoms. The molecule has 2 fully saturated rings. The van der Waals surface area contributed by atoms with E-state index in [1.165, 1.54) is 4.90 Å². The maximum absolute atomic E-state index is 12.9. The van der Waals surface area contributed by atoms with Gasteiger partial charge in [0.25, 0.3) is 5.91 Å². The number of carbonyl (C=O) groups is 2. The van der Waals surface area contributed by atoms with Gasteiger partial charge < -0.3 is 10.1 Å². The number of amides is 3. The number of nitrogens with zero attached hydrogens (tertiary/aromatic N) is 1. The van der Waals surface area contributed by atoms with Gasteiger partial charge in [-0.2, -0.15) is 0 Å². The smallest absolute Gasteiger partial charge is 0.325 e. The summed E-state index contributed by atoms with van der Waals surface area (Å²) >= 11 is 0. The van der Waals surface area contributed by atoms with E-state index in [9.17, 15) is 9.59 Å². The monoisotopic (exact) mass is 302 g/mol. The predicted octanol–water partition coefficient (Wildman–Crippen LogP) is 2.41. The standard InChI is InChI=1S/C17H22N2O3/c1-2-17(13-8-4-3-5-9-13)15(20)19(16(21)18-17)12-14-10-6-7-11-22-14/h3-5,8-9,14H,2,6-7,10-12H2,1H3,(H,18,21). The zero-order valence-corrected chi connectivity index (χ0v) is 12.9. The van der Waals surface area contributed by atoms with Crippen molar-refractivity contribution < 1.29 is 14.3 Å². The van der Waals surface area contributed by atoms with Crippen LogP contribution in [-0.4, -0.2) is 36.1 Å². The minimum Gasteiger partial charge on any atom is -0.376 e. The molecule has 1 aromatic rings. The van der Waals surface area contributed by atoms with Crippen LogP contribution in [0.25, 0.3) is 0 Å². The summed E-state index contributed by atoms with van der Waals surface area (Å²) < 4.78 is 5.67. The molecule has 2 atom stereocenters. The van der Waals surface area contributed by atoms with E-state index in [4.69, 9.17) is 4.74 Å². The van der Waals surface area contributed by atoms with Gasteiger partial charge >= 0.3 is 6.03 Å². The Kier molecular flexibility index (Phi) is 4.16. The second-order valence-electron chi connectivity index (χ2n) is 5.96. The molecule has 0 aliphatic carbocycles. The van der Waals surface area contributed by atoms with Crippen LogP contribution in [0.4, 0.5) is 4.79 Å². The Bertz CT molecular complexity index is 554. The van der Waals surface area contributed by atoms with Gasteiger partial charge in [0.05, 0.1) is 12.6 Å². The first-order valence-electron chi connectivity index (χ1n) is 7.98. The van der Waals surface area contributed by atoms with Gasteiger partial charge in [-0.15, -0.1) is 0 Å². The Morgan fingerprint density at radius 3 is 2.68 bits per heavy atom. The lowest BCUT2D eigenvalue weighted by Gasteiger charge is -2.28. The molecule has 22 heavy (non-hydrogen) atoms. The fourth-order valence-electron chi connectivity index (χ4n) is 3.31. The molecule has 0 aromatic heterocycles. The van der Waals surface area contributed by atoms with Crippen molar-refractivity contribution in [2.45, 2.75) is 44.2 Å². The largest absolute Gasteiger partial charge is 0.376 e. The average Bonchev–Trinajstić information content (AvgIpc) is 2.82. The first-order chi connectivity index (χ1) is 10.7. The number of rotatable bonds is 4. The Labute approximate surface area is 130 Å². The van der Waals surface area contributed by atoms with Crippen LogP contribution in [0.5, 0.6) is 0 Å². The van der Waals surface area contributed by atoms with E-state index < -0.39 is 5.54 Å². The molecule has 2 unspecified atom stereocenters. The highest BCUT2D eigenvalue weighted by Crippen LogP contribution is 2.32. The van der Waals surface area contributed by atoms with Gasteiger partial charge in [0.15, 0.2) is 0 Å². The molecule has 1 aromatic carbocycles. The normalized spacial score (nSPS) is 28.8. The molecule has 1 N–H and O–H groups in total. The number of ether oxygens (including phenoxy) is 1. The lowest BCUT2D eigenvalue weighted by molar-refractivity contribution is -0.133. The molecular weight excluding hydrogens is 280 g/mol. The van der Waals surface area contributed by atoms with Crippen LogP contribution >= 0.6 is 0 Å². The van der Waals surface area contributed by atoms with Gasteiger partial charge in [0.2, 0.25) is 0 Å². The van der Waals surface area contributed by atoms with Crippen molar-refractivity contribution in [3.63, 3.8) is 0 Å². The van der Waals surface area contributed by atoms with Crippen molar-refractivity contribution in [3.8, 4) is 0 Å². The van der Waals surface area contributed by atoms with Crippen LogP contribution in [0.2, 0.25) is 0 Å². The molecule has 0 saturated carbocycles. The minimum atomic E-state index is -0.937. The molecule has 5 nitrogen and oxygen atoms in total. The summed E-state index contributed by atoms with van der Waals surface area (Å²) in [6.45, 7) is 2.98. The number of hydrogen-bond donors (Lipinski definition) is 1. The van der Waals surface area contributed by atoms with Crippen molar-refractivity contribution in [2.24, 2.45) is 0 Å². The molecule has 3 amide bonds. The van der Waals surface area contributed by atoms with Gasteiger partial charge in [0, 0.05) is 6.61 Å².